The average Bonchev–Trinajstić information content (AvgIpc) is 2.46. The first-order chi connectivity index (χ1) is 9.65. The van der Waals surface area contributed by atoms with Crippen LogP contribution in [0.5, 0.6) is 17.5 Å². The summed E-state index contributed by atoms with van der Waals surface area (Å²) in [5.41, 5.74) is 2.60. The van der Waals surface area contributed by atoms with Crippen molar-refractivity contribution in [3.63, 3.8) is 0 Å². The number of nitrogens with zero attached hydrogens (tertiary/aromatic N) is 2. The zero-order valence-corrected chi connectivity index (χ0v) is 11.7. The van der Waals surface area contributed by atoms with Gasteiger partial charge in [0.1, 0.15) is 12.1 Å². The Balaban J connectivity index is 2.22. The summed E-state index contributed by atoms with van der Waals surface area (Å²) in [7, 11) is 3.11. The average molecular weight is 275 g/mol. The Hall–Kier alpha value is -2.50. The Morgan fingerprint density at radius 2 is 1.80 bits per heavy atom. The highest BCUT2D eigenvalue weighted by Gasteiger charge is 2.12. The first-order valence-electron chi connectivity index (χ1n) is 6.11. The molecule has 0 unspecified atom stereocenters. The molecule has 2 rings (SSSR count). The summed E-state index contributed by atoms with van der Waals surface area (Å²) in [4.78, 5) is 8.12. The SMILES string of the molecule is COc1ncnc(OC)c1CNc1ccc(O)cc1C. The van der Waals surface area contributed by atoms with E-state index in [-0.39, 0.29) is 5.75 Å². The van der Waals surface area contributed by atoms with Gasteiger partial charge in [-0.15, -0.1) is 0 Å². The molecule has 106 valence electrons. The maximum Gasteiger partial charge on any atom is 0.225 e. The molecule has 1 aromatic carbocycles. The van der Waals surface area contributed by atoms with E-state index in [4.69, 9.17) is 9.47 Å². The number of anilines is 1. The Kier molecular flexibility index (Phi) is 4.24. The minimum absolute atomic E-state index is 0.242. The van der Waals surface area contributed by atoms with Crippen molar-refractivity contribution in [2.75, 3.05) is 19.5 Å². The van der Waals surface area contributed by atoms with Crippen LogP contribution >= 0.6 is 0 Å². The van der Waals surface area contributed by atoms with E-state index in [9.17, 15) is 5.11 Å². The lowest BCUT2D eigenvalue weighted by atomic mass is 10.2. The summed E-state index contributed by atoms with van der Waals surface area (Å²) in [6.45, 7) is 2.37. The van der Waals surface area contributed by atoms with Crippen molar-refractivity contribution in [2.24, 2.45) is 0 Å². The van der Waals surface area contributed by atoms with Gasteiger partial charge in [0.2, 0.25) is 11.8 Å². The second-order valence-corrected chi connectivity index (χ2v) is 4.22. The van der Waals surface area contributed by atoms with E-state index < -0.39 is 0 Å². The van der Waals surface area contributed by atoms with Crippen molar-refractivity contribution in [1.29, 1.82) is 0 Å². The maximum absolute atomic E-state index is 9.40. The van der Waals surface area contributed by atoms with E-state index in [1.165, 1.54) is 6.33 Å². The number of aromatic nitrogens is 2. The lowest BCUT2D eigenvalue weighted by molar-refractivity contribution is 0.363. The highest BCUT2D eigenvalue weighted by molar-refractivity contribution is 5.54. The summed E-state index contributed by atoms with van der Waals surface area (Å²) < 4.78 is 10.4. The van der Waals surface area contributed by atoms with Crippen molar-refractivity contribution in [2.45, 2.75) is 13.5 Å². The zero-order chi connectivity index (χ0) is 14.5. The number of aryl methyl sites for hydroxylation is 1. The molecule has 2 N–H and O–H groups in total. The van der Waals surface area contributed by atoms with Crippen LogP contribution < -0.4 is 14.8 Å². The monoisotopic (exact) mass is 275 g/mol. The third-order valence-corrected chi connectivity index (χ3v) is 2.92. The van der Waals surface area contributed by atoms with Crippen LogP contribution in [0.1, 0.15) is 11.1 Å². The number of hydrogen-bond acceptors (Lipinski definition) is 6. The maximum atomic E-state index is 9.40. The summed E-state index contributed by atoms with van der Waals surface area (Å²) in [6, 6.07) is 5.14. The van der Waals surface area contributed by atoms with Crippen molar-refractivity contribution in [3.8, 4) is 17.5 Å². The summed E-state index contributed by atoms with van der Waals surface area (Å²) >= 11 is 0. The smallest absolute Gasteiger partial charge is 0.225 e. The van der Waals surface area contributed by atoms with Crippen LogP contribution in [0.25, 0.3) is 0 Å². The lowest BCUT2D eigenvalue weighted by Crippen LogP contribution is -2.07. The van der Waals surface area contributed by atoms with Gasteiger partial charge in [0.15, 0.2) is 0 Å². The fourth-order valence-corrected chi connectivity index (χ4v) is 1.91. The number of hydrogen-bond donors (Lipinski definition) is 2. The van der Waals surface area contributed by atoms with E-state index >= 15 is 0 Å². The van der Waals surface area contributed by atoms with Crippen LogP contribution in [0.4, 0.5) is 5.69 Å². The number of benzene rings is 1. The van der Waals surface area contributed by atoms with Gasteiger partial charge in [-0.3, -0.25) is 0 Å². The molecule has 0 saturated carbocycles. The van der Waals surface area contributed by atoms with Gasteiger partial charge < -0.3 is 19.9 Å². The highest BCUT2D eigenvalue weighted by Crippen LogP contribution is 2.26. The third kappa shape index (κ3) is 2.90. The largest absolute Gasteiger partial charge is 0.508 e. The number of ether oxygens (including phenoxy) is 2. The molecule has 0 aliphatic heterocycles. The van der Waals surface area contributed by atoms with Crippen molar-refractivity contribution in [1.82, 2.24) is 9.97 Å². The first kappa shape index (κ1) is 13.9. The molecule has 0 bridgehead atoms. The van der Waals surface area contributed by atoms with Gasteiger partial charge in [-0.05, 0) is 30.7 Å². The van der Waals surface area contributed by atoms with Gasteiger partial charge in [0, 0.05) is 5.69 Å². The van der Waals surface area contributed by atoms with E-state index in [1.807, 2.05) is 13.0 Å². The Morgan fingerprint density at radius 1 is 1.15 bits per heavy atom. The first-order valence-corrected chi connectivity index (χ1v) is 6.11. The van der Waals surface area contributed by atoms with Gasteiger partial charge >= 0.3 is 0 Å². The normalized spacial score (nSPS) is 10.2. The van der Waals surface area contributed by atoms with E-state index in [0.29, 0.717) is 18.3 Å². The highest BCUT2D eigenvalue weighted by atomic mass is 16.5. The van der Waals surface area contributed by atoms with Crippen molar-refractivity contribution >= 4 is 5.69 Å². The molecule has 0 amide bonds. The zero-order valence-electron chi connectivity index (χ0n) is 11.7. The van der Waals surface area contributed by atoms with E-state index in [1.54, 1.807) is 26.4 Å². The van der Waals surface area contributed by atoms with Crippen LogP contribution in [-0.2, 0) is 6.54 Å². The summed E-state index contributed by atoms with van der Waals surface area (Å²) in [5.74, 6) is 1.19. The van der Waals surface area contributed by atoms with Gasteiger partial charge in [-0.1, -0.05) is 0 Å². The van der Waals surface area contributed by atoms with Crippen molar-refractivity contribution < 1.29 is 14.6 Å². The molecule has 0 aliphatic carbocycles. The standard InChI is InChI=1S/C14H17N3O3/c1-9-6-10(18)4-5-12(9)15-7-11-13(19-2)16-8-17-14(11)20-3/h4-6,8,15,18H,7H2,1-3H3. The van der Waals surface area contributed by atoms with Crippen LogP contribution in [0, 0.1) is 6.92 Å². The minimum atomic E-state index is 0.242. The fraction of sp³-hybridized carbons (Fsp3) is 0.286. The van der Waals surface area contributed by atoms with Gasteiger partial charge in [0.05, 0.1) is 26.3 Å². The molecule has 6 heteroatoms. The van der Waals surface area contributed by atoms with Crippen LogP contribution in [0.3, 0.4) is 0 Å². The molecular formula is C14H17N3O3. The molecule has 1 aromatic heterocycles. The molecule has 0 saturated heterocycles. The Labute approximate surface area is 117 Å². The molecule has 1 heterocycles. The second kappa shape index (κ2) is 6.10. The Morgan fingerprint density at radius 3 is 2.35 bits per heavy atom. The van der Waals surface area contributed by atoms with E-state index in [2.05, 4.69) is 15.3 Å². The third-order valence-electron chi connectivity index (χ3n) is 2.92. The molecule has 0 fully saturated rings. The molecule has 20 heavy (non-hydrogen) atoms. The Bertz CT molecular complexity index is 580. The number of rotatable bonds is 5. The quantitative estimate of drug-likeness (QED) is 0.814. The number of methoxy groups -OCH3 is 2. The molecular weight excluding hydrogens is 258 g/mol. The molecule has 0 spiro atoms. The van der Waals surface area contributed by atoms with Crippen LogP contribution in [-0.4, -0.2) is 29.3 Å². The number of phenols is 1. The molecule has 6 nitrogen and oxygen atoms in total. The number of phenolic OH excluding ortho intramolecular Hbond substituents is 1. The number of nitrogens with one attached hydrogen (secondary N) is 1. The summed E-state index contributed by atoms with van der Waals surface area (Å²) in [6.07, 6.45) is 1.40. The second-order valence-electron chi connectivity index (χ2n) is 4.22. The number of aromatic hydroxyl groups is 1. The molecule has 2 aromatic rings. The summed E-state index contributed by atoms with van der Waals surface area (Å²) in [5, 5.41) is 12.7. The predicted molar refractivity (Wildman–Crippen MR) is 75.3 cm³/mol. The molecule has 0 radical (unpaired) electrons. The lowest BCUT2D eigenvalue weighted by Gasteiger charge is -2.13. The molecule has 0 aliphatic rings. The van der Waals surface area contributed by atoms with Crippen LogP contribution in [0.15, 0.2) is 24.5 Å². The van der Waals surface area contributed by atoms with Crippen molar-refractivity contribution in [3.05, 3.63) is 35.7 Å². The predicted octanol–water partition coefficient (Wildman–Crippen LogP) is 2.12. The van der Waals surface area contributed by atoms with Gasteiger partial charge in [-0.2, -0.15) is 0 Å². The molecule has 0 atom stereocenters. The van der Waals surface area contributed by atoms with Gasteiger partial charge in [0.25, 0.3) is 0 Å². The fourth-order valence-electron chi connectivity index (χ4n) is 1.91. The minimum Gasteiger partial charge on any atom is -0.508 e. The van der Waals surface area contributed by atoms with Crippen LogP contribution in [0.2, 0.25) is 0 Å². The van der Waals surface area contributed by atoms with Gasteiger partial charge in [-0.25, -0.2) is 9.97 Å². The topological polar surface area (TPSA) is 76.5 Å². The van der Waals surface area contributed by atoms with E-state index in [0.717, 1.165) is 16.8 Å².